The number of likely N-dealkylation sites (tertiary alicyclic amines) is 2. The van der Waals surface area contributed by atoms with Gasteiger partial charge < -0.3 is 15.0 Å². The summed E-state index contributed by atoms with van der Waals surface area (Å²) in [5.41, 5.74) is 2.69. The van der Waals surface area contributed by atoms with E-state index < -0.39 is 0 Å². The van der Waals surface area contributed by atoms with Gasteiger partial charge >= 0.3 is 0 Å². The molecule has 0 aromatic heterocycles. The standard InChI is InChI=1S/C22H36N4O/c1-3-23-22(26-15-11-21(12-16-26)27-4-2)24-17-19-7-9-20(10-8-19)18-25-13-5-6-14-25/h7-10,21H,3-6,11-18H2,1-2H3,(H,23,24). The number of rotatable bonds is 7. The number of hydrogen-bond donors (Lipinski definition) is 1. The minimum atomic E-state index is 0.414. The first-order valence-corrected chi connectivity index (χ1v) is 10.7. The van der Waals surface area contributed by atoms with Crippen molar-refractivity contribution in [1.29, 1.82) is 0 Å². The summed E-state index contributed by atoms with van der Waals surface area (Å²) < 4.78 is 5.77. The highest BCUT2D eigenvalue weighted by Gasteiger charge is 2.21. The maximum atomic E-state index is 5.77. The Morgan fingerprint density at radius 2 is 1.70 bits per heavy atom. The second kappa shape index (κ2) is 10.7. The highest BCUT2D eigenvalue weighted by molar-refractivity contribution is 5.80. The monoisotopic (exact) mass is 372 g/mol. The Labute approximate surface area is 164 Å². The largest absolute Gasteiger partial charge is 0.378 e. The van der Waals surface area contributed by atoms with Crippen LogP contribution in [0, 0.1) is 0 Å². The molecule has 3 rings (SSSR count). The van der Waals surface area contributed by atoms with Gasteiger partial charge in [0.25, 0.3) is 0 Å². The van der Waals surface area contributed by atoms with Gasteiger partial charge in [-0.3, -0.25) is 4.90 Å². The van der Waals surface area contributed by atoms with Crippen LogP contribution < -0.4 is 5.32 Å². The van der Waals surface area contributed by atoms with Gasteiger partial charge in [-0.1, -0.05) is 24.3 Å². The zero-order chi connectivity index (χ0) is 18.9. The second-order valence-electron chi connectivity index (χ2n) is 7.61. The zero-order valence-electron chi connectivity index (χ0n) is 17.1. The number of nitrogens with zero attached hydrogens (tertiary/aromatic N) is 3. The highest BCUT2D eigenvalue weighted by atomic mass is 16.5. The lowest BCUT2D eigenvalue weighted by atomic mass is 10.1. The molecule has 0 atom stereocenters. The Balaban J connectivity index is 1.53. The van der Waals surface area contributed by atoms with Crippen LogP contribution in [0.4, 0.5) is 0 Å². The van der Waals surface area contributed by atoms with E-state index >= 15 is 0 Å². The summed E-state index contributed by atoms with van der Waals surface area (Å²) in [4.78, 5) is 9.81. The van der Waals surface area contributed by atoms with E-state index in [1.807, 2.05) is 0 Å². The van der Waals surface area contributed by atoms with E-state index in [9.17, 15) is 0 Å². The normalized spacial score (nSPS) is 19.6. The third kappa shape index (κ3) is 6.22. The lowest BCUT2D eigenvalue weighted by Gasteiger charge is -2.34. The maximum absolute atomic E-state index is 5.77. The summed E-state index contributed by atoms with van der Waals surface area (Å²) in [5.74, 6) is 1.04. The fourth-order valence-corrected chi connectivity index (χ4v) is 4.01. The average molecular weight is 373 g/mol. The molecule has 2 aliphatic rings. The molecule has 2 heterocycles. The molecule has 0 aliphatic carbocycles. The van der Waals surface area contributed by atoms with E-state index in [0.29, 0.717) is 6.10 Å². The van der Waals surface area contributed by atoms with Crippen molar-refractivity contribution in [3.63, 3.8) is 0 Å². The lowest BCUT2D eigenvalue weighted by Crippen LogP contribution is -2.47. The van der Waals surface area contributed by atoms with Crippen LogP contribution in [0.15, 0.2) is 29.3 Å². The molecule has 0 amide bonds. The summed E-state index contributed by atoms with van der Waals surface area (Å²) in [5, 5.41) is 3.46. The van der Waals surface area contributed by atoms with Crippen LogP contribution in [0.5, 0.6) is 0 Å². The maximum Gasteiger partial charge on any atom is 0.194 e. The summed E-state index contributed by atoms with van der Waals surface area (Å²) in [6, 6.07) is 9.01. The van der Waals surface area contributed by atoms with Crippen LogP contribution in [-0.4, -0.2) is 61.2 Å². The quantitative estimate of drug-likeness (QED) is 0.589. The van der Waals surface area contributed by atoms with E-state index in [4.69, 9.17) is 9.73 Å². The van der Waals surface area contributed by atoms with Crippen molar-refractivity contribution >= 4 is 5.96 Å². The molecule has 0 spiro atoms. The minimum Gasteiger partial charge on any atom is -0.378 e. The second-order valence-corrected chi connectivity index (χ2v) is 7.61. The molecule has 2 aliphatic heterocycles. The Kier molecular flexibility index (Phi) is 7.96. The topological polar surface area (TPSA) is 40.1 Å². The molecule has 150 valence electrons. The molecule has 2 fully saturated rings. The van der Waals surface area contributed by atoms with Crippen LogP contribution in [0.2, 0.25) is 0 Å². The molecular formula is C22H36N4O. The van der Waals surface area contributed by atoms with Crippen LogP contribution in [0.3, 0.4) is 0 Å². The molecule has 5 nitrogen and oxygen atoms in total. The van der Waals surface area contributed by atoms with Crippen molar-refractivity contribution in [3.8, 4) is 0 Å². The van der Waals surface area contributed by atoms with Gasteiger partial charge in [0.2, 0.25) is 0 Å². The van der Waals surface area contributed by atoms with Gasteiger partial charge in [0.15, 0.2) is 5.96 Å². The number of ether oxygens (including phenoxy) is 1. The van der Waals surface area contributed by atoms with Gasteiger partial charge in [-0.25, -0.2) is 4.99 Å². The van der Waals surface area contributed by atoms with Gasteiger partial charge in [-0.05, 0) is 63.7 Å². The molecule has 27 heavy (non-hydrogen) atoms. The molecule has 2 saturated heterocycles. The lowest BCUT2D eigenvalue weighted by molar-refractivity contribution is 0.0263. The van der Waals surface area contributed by atoms with Gasteiger partial charge in [0.1, 0.15) is 0 Å². The summed E-state index contributed by atoms with van der Waals surface area (Å²) in [6.45, 7) is 12.3. The summed E-state index contributed by atoms with van der Waals surface area (Å²) >= 11 is 0. The Bertz CT molecular complexity index is 572. The summed E-state index contributed by atoms with van der Waals surface area (Å²) in [7, 11) is 0. The number of hydrogen-bond acceptors (Lipinski definition) is 3. The van der Waals surface area contributed by atoms with Gasteiger partial charge in [0, 0.05) is 32.8 Å². The summed E-state index contributed by atoms with van der Waals surface area (Å²) in [6.07, 6.45) is 5.29. The Morgan fingerprint density at radius 1 is 1.04 bits per heavy atom. The molecule has 0 bridgehead atoms. The van der Waals surface area contributed by atoms with Crippen LogP contribution in [0.1, 0.15) is 50.7 Å². The number of guanidine groups is 1. The predicted molar refractivity (Wildman–Crippen MR) is 112 cm³/mol. The molecule has 1 N–H and O–H groups in total. The number of aliphatic imine (C=N–C) groups is 1. The van der Waals surface area contributed by atoms with Crippen LogP contribution in [-0.2, 0) is 17.8 Å². The van der Waals surface area contributed by atoms with E-state index in [0.717, 1.165) is 58.1 Å². The van der Waals surface area contributed by atoms with Crippen LogP contribution in [0.25, 0.3) is 0 Å². The van der Waals surface area contributed by atoms with E-state index in [1.165, 1.54) is 37.1 Å². The fraction of sp³-hybridized carbons (Fsp3) is 0.682. The van der Waals surface area contributed by atoms with Crippen LogP contribution >= 0.6 is 0 Å². The molecule has 5 heteroatoms. The van der Waals surface area contributed by atoms with Gasteiger partial charge in [-0.2, -0.15) is 0 Å². The fourth-order valence-electron chi connectivity index (χ4n) is 4.01. The van der Waals surface area contributed by atoms with E-state index in [1.54, 1.807) is 0 Å². The Hall–Kier alpha value is -1.59. The van der Waals surface area contributed by atoms with Gasteiger partial charge in [0.05, 0.1) is 12.6 Å². The van der Waals surface area contributed by atoms with E-state index in [-0.39, 0.29) is 0 Å². The van der Waals surface area contributed by atoms with Crippen molar-refractivity contribution in [1.82, 2.24) is 15.1 Å². The van der Waals surface area contributed by atoms with Crippen molar-refractivity contribution < 1.29 is 4.74 Å². The minimum absolute atomic E-state index is 0.414. The number of nitrogens with one attached hydrogen (secondary N) is 1. The van der Waals surface area contributed by atoms with Crippen molar-refractivity contribution in [2.24, 2.45) is 4.99 Å². The van der Waals surface area contributed by atoms with Gasteiger partial charge in [-0.15, -0.1) is 0 Å². The first kappa shape index (κ1) is 20.2. The van der Waals surface area contributed by atoms with Crippen molar-refractivity contribution in [2.75, 3.05) is 39.3 Å². The number of benzene rings is 1. The highest BCUT2D eigenvalue weighted by Crippen LogP contribution is 2.15. The molecule has 1 aromatic rings. The number of piperidine rings is 1. The SMILES string of the molecule is CCNC(=NCc1ccc(CN2CCCC2)cc1)N1CCC(OCC)CC1. The molecule has 0 unspecified atom stereocenters. The third-order valence-electron chi connectivity index (χ3n) is 5.52. The first-order valence-electron chi connectivity index (χ1n) is 10.7. The van der Waals surface area contributed by atoms with Crippen molar-refractivity contribution in [2.45, 2.75) is 58.7 Å². The average Bonchev–Trinajstić information content (AvgIpc) is 3.20. The predicted octanol–water partition coefficient (Wildman–Crippen LogP) is 3.25. The molecule has 1 aromatic carbocycles. The van der Waals surface area contributed by atoms with Crippen molar-refractivity contribution in [3.05, 3.63) is 35.4 Å². The smallest absolute Gasteiger partial charge is 0.194 e. The first-order chi connectivity index (χ1) is 13.3. The Morgan fingerprint density at radius 3 is 2.33 bits per heavy atom. The van der Waals surface area contributed by atoms with E-state index in [2.05, 4.69) is 53.2 Å². The third-order valence-corrected chi connectivity index (χ3v) is 5.52. The molecule has 0 radical (unpaired) electrons. The zero-order valence-corrected chi connectivity index (χ0v) is 17.1. The molecular weight excluding hydrogens is 336 g/mol. The molecule has 0 saturated carbocycles.